The Morgan fingerprint density at radius 2 is 1.66 bits per heavy atom. The predicted molar refractivity (Wildman–Crippen MR) is 119 cm³/mol. The molecule has 0 aliphatic carbocycles. The van der Waals surface area contributed by atoms with Crippen molar-refractivity contribution in [1.29, 1.82) is 0 Å². The number of aliphatic hydroxyl groups is 1. The lowest BCUT2D eigenvalue weighted by atomic mass is 9.98. The van der Waals surface area contributed by atoms with Crippen LogP contribution in [0.5, 0.6) is 0 Å². The van der Waals surface area contributed by atoms with Crippen molar-refractivity contribution in [3.05, 3.63) is 71.4 Å². The van der Waals surface area contributed by atoms with Crippen LogP contribution in [0.2, 0.25) is 0 Å². The van der Waals surface area contributed by atoms with Crippen LogP contribution in [0.4, 0.5) is 0 Å². The number of carbonyl (C=O) groups excluding carboxylic acids is 1. The van der Waals surface area contributed by atoms with Gasteiger partial charge in [0.25, 0.3) is 0 Å². The standard InChI is InChI=1S/C25H33NO3/c1-7-10-22(25(5,6)28)26-17-18-13-15-19(16-14-18)20-11-8-9-12-21(20)23(27)29-24(2,3)4/h8-16,26,28H,7,17H2,1-6H3/b22-10+. The van der Waals surface area contributed by atoms with Crippen molar-refractivity contribution < 1.29 is 14.6 Å². The summed E-state index contributed by atoms with van der Waals surface area (Å²) in [6.07, 6.45) is 2.86. The molecule has 0 fully saturated rings. The molecule has 0 saturated heterocycles. The summed E-state index contributed by atoms with van der Waals surface area (Å²) in [5.41, 5.74) is 2.84. The monoisotopic (exact) mass is 395 g/mol. The van der Waals surface area contributed by atoms with Crippen molar-refractivity contribution in [3.8, 4) is 11.1 Å². The first kappa shape index (κ1) is 22.7. The molecule has 4 heteroatoms. The van der Waals surface area contributed by atoms with Gasteiger partial charge in [0, 0.05) is 12.2 Å². The Kier molecular flexibility index (Phi) is 7.26. The topological polar surface area (TPSA) is 58.6 Å². The molecule has 2 N–H and O–H groups in total. The van der Waals surface area contributed by atoms with Crippen molar-refractivity contribution in [2.45, 2.75) is 65.7 Å². The summed E-state index contributed by atoms with van der Waals surface area (Å²) in [6, 6.07) is 15.6. The fraction of sp³-hybridized carbons (Fsp3) is 0.400. The van der Waals surface area contributed by atoms with Crippen molar-refractivity contribution in [1.82, 2.24) is 5.32 Å². The molecule has 156 valence electrons. The molecule has 0 radical (unpaired) electrons. The van der Waals surface area contributed by atoms with Crippen LogP contribution in [0.15, 0.2) is 60.3 Å². The maximum absolute atomic E-state index is 12.6. The molecule has 0 unspecified atom stereocenters. The van der Waals surface area contributed by atoms with Gasteiger partial charge < -0.3 is 15.2 Å². The smallest absolute Gasteiger partial charge is 0.339 e. The number of nitrogens with one attached hydrogen (secondary N) is 1. The van der Waals surface area contributed by atoms with E-state index in [1.165, 1.54) is 0 Å². The van der Waals surface area contributed by atoms with Crippen molar-refractivity contribution in [2.24, 2.45) is 0 Å². The Morgan fingerprint density at radius 1 is 1.03 bits per heavy atom. The molecule has 2 aromatic rings. The molecule has 0 amide bonds. The van der Waals surface area contributed by atoms with Gasteiger partial charge in [0.2, 0.25) is 0 Å². The molecule has 2 aromatic carbocycles. The molecule has 0 heterocycles. The zero-order chi connectivity index (χ0) is 21.7. The van der Waals surface area contributed by atoms with Gasteiger partial charge in [-0.25, -0.2) is 4.79 Å². The van der Waals surface area contributed by atoms with Crippen LogP contribution < -0.4 is 5.32 Å². The second-order valence-electron chi connectivity index (χ2n) is 8.68. The van der Waals surface area contributed by atoms with Gasteiger partial charge in [-0.3, -0.25) is 0 Å². The number of carbonyl (C=O) groups is 1. The molecule has 2 rings (SSSR count). The van der Waals surface area contributed by atoms with Crippen molar-refractivity contribution >= 4 is 5.97 Å². The molecule has 0 bridgehead atoms. The second-order valence-corrected chi connectivity index (χ2v) is 8.68. The zero-order valence-electron chi connectivity index (χ0n) is 18.4. The number of ether oxygens (including phenoxy) is 1. The van der Waals surface area contributed by atoms with Crippen LogP contribution in [0.25, 0.3) is 11.1 Å². The number of benzene rings is 2. The minimum Gasteiger partial charge on any atom is -0.456 e. The minimum atomic E-state index is -0.900. The number of hydrogen-bond acceptors (Lipinski definition) is 4. The van der Waals surface area contributed by atoms with E-state index < -0.39 is 11.2 Å². The van der Waals surface area contributed by atoms with Crippen LogP contribution >= 0.6 is 0 Å². The fourth-order valence-electron chi connectivity index (χ4n) is 2.99. The van der Waals surface area contributed by atoms with Crippen molar-refractivity contribution in [3.63, 3.8) is 0 Å². The Balaban J connectivity index is 2.19. The molecule has 0 saturated carbocycles. The molecular weight excluding hydrogens is 362 g/mol. The average Bonchev–Trinajstić information content (AvgIpc) is 2.63. The Bertz CT molecular complexity index is 853. The van der Waals surface area contributed by atoms with E-state index in [2.05, 4.69) is 5.32 Å². The van der Waals surface area contributed by atoms with Gasteiger partial charge in [0.1, 0.15) is 5.60 Å². The number of esters is 1. The highest BCUT2D eigenvalue weighted by Crippen LogP contribution is 2.26. The molecule has 0 atom stereocenters. The normalized spacial score (nSPS) is 12.6. The number of rotatable bonds is 7. The Labute approximate surface area is 174 Å². The third-order valence-electron chi connectivity index (χ3n) is 4.36. The van der Waals surface area contributed by atoms with Crippen LogP contribution in [0.3, 0.4) is 0 Å². The predicted octanol–water partition coefficient (Wildman–Crippen LogP) is 5.46. The maximum atomic E-state index is 12.6. The van der Waals surface area contributed by atoms with Gasteiger partial charge in [-0.1, -0.05) is 55.5 Å². The van der Waals surface area contributed by atoms with Crippen LogP contribution in [-0.4, -0.2) is 22.3 Å². The second kappa shape index (κ2) is 9.27. The molecule has 0 aliphatic heterocycles. The SMILES string of the molecule is CC/C=C(/NCc1ccc(-c2ccccc2C(=O)OC(C)(C)C)cc1)C(C)(C)O. The molecule has 4 nitrogen and oxygen atoms in total. The van der Waals surface area contributed by atoms with Crippen LogP contribution in [0.1, 0.15) is 63.9 Å². The first-order valence-corrected chi connectivity index (χ1v) is 10.1. The average molecular weight is 396 g/mol. The summed E-state index contributed by atoms with van der Waals surface area (Å²) < 4.78 is 5.55. The molecule has 0 spiro atoms. The van der Waals surface area contributed by atoms with Gasteiger partial charge in [-0.15, -0.1) is 0 Å². The van der Waals surface area contributed by atoms with E-state index in [-0.39, 0.29) is 5.97 Å². The largest absolute Gasteiger partial charge is 0.456 e. The van der Waals surface area contributed by atoms with Crippen molar-refractivity contribution in [2.75, 3.05) is 0 Å². The number of allylic oxidation sites excluding steroid dienone is 1. The van der Waals surface area contributed by atoms with E-state index in [1.807, 2.05) is 76.2 Å². The van der Waals surface area contributed by atoms with E-state index in [9.17, 15) is 9.90 Å². The summed E-state index contributed by atoms with van der Waals surface area (Å²) in [4.78, 5) is 12.6. The fourth-order valence-corrected chi connectivity index (χ4v) is 2.99. The lowest BCUT2D eigenvalue weighted by Gasteiger charge is -2.23. The van der Waals surface area contributed by atoms with E-state index in [0.717, 1.165) is 28.8 Å². The van der Waals surface area contributed by atoms with Gasteiger partial charge in [0.05, 0.1) is 11.2 Å². The van der Waals surface area contributed by atoms with Gasteiger partial charge in [0.15, 0.2) is 0 Å². The summed E-state index contributed by atoms with van der Waals surface area (Å²) in [7, 11) is 0. The first-order valence-electron chi connectivity index (χ1n) is 10.1. The molecule has 0 aromatic heterocycles. The Hall–Kier alpha value is -2.59. The van der Waals surface area contributed by atoms with Gasteiger partial charge >= 0.3 is 5.97 Å². The van der Waals surface area contributed by atoms with Crippen LogP contribution in [0, 0.1) is 0 Å². The third-order valence-corrected chi connectivity index (χ3v) is 4.36. The highest BCUT2D eigenvalue weighted by atomic mass is 16.6. The molecule has 0 aliphatic rings. The van der Waals surface area contributed by atoms with E-state index in [1.54, 1.807) is 19.9 Å². The zero-order valence-corrected chi connectivity index (χ0v) is 18.4. The molecule has 29 heavy (non-hydrogen) atoms. The van der Waals surface area contributed by atoms with Gasteiger partial charge in [-0.2, -0.15) is 0 Å². The lowest BCUT2D eigenvalue weighted by molar-refractivity contribution is 0.00704. The first-order chi connectivity index (χ1) is 13.5. The third kappa shape index (κ3) is 6.75. The highest BCUT2D eigenvalue weighted by molar-refractivity contribution is 5.97. The quantitative estimate of drug-likeness (QED) is 0.611. The summed E-state index contributed by atoms with van der Waals surface area (Å²) in [5.74, 6) is -0.321. The summed E-state index contributed by atoms with van der Waals surface area (Å²) in [6.45, 7) is 11.8. The van der Waals surface area contributed by atoms with E-state index in [4.69, 9.17) is 4.74 Å². The maximum Gasteiger partial charge on any atom is 0.339 e. The highest BCUT2D eigenvalue weighted by Gasteiger charge is 2.21. The van der Waals surface area contributed by atoms with E-state index >= 15 is 0 Å². The molecular formula is C25H33NO3. The number of hydrogen-bond donors (Lipinski definition) is 2. The Morgan fingerprint density at radius 3 is 2.21 bits per heavy atom. The minimum absolute atomic E-state index is 0.321. The van der Waals surface area contributed by atoms with Gasteiger partial charge in [-0.05, 0) is 63.8 Å². The van der Waals surface area contributed by atoms with Crippen LogP contribution in [-0.2, 0) is 11.3 Å². The lowest BCUT2D eigenvalue weighted by Crippen LogP contribution is -2.31. The summed E-state index contributed by atoms with van der Waals surface area (Å²) >= 11 is 0. The summed E-state index contributed by atoms with van der Waals surface area (Å²) in [5, 5.41) is 13.6. The van der Waals surface area contributed by atoms with E-state index in [0.29, 0.717) is 12.1 Å².